The number of carbonyl (C=O) groups is 1. The number of aromatic nitrogens is 1. The van der Waals surface area contributed by atoms with Crippen LogP contribution in [0.25, 0.3) is 0 Å². The van der Waals surface area contributed by atoms with Gasteiger partial charge in [-0.05, 0) is 12.5 Å². The number of pyridine rings is 1. The monoisotopic (exact) mass is 252 g/mol. The molecule has 0 spiro atoms. The summed E-state index contributed by atoms with van der Waals surface area (Å²) in [6, 6.07) is 1.22. The topological polar surface area (TPSA) is 62.2 Å². The Morgan fingerprint density at radius 1 is 1.76 bits per heavy atom. The van der Waals surface area contributed by atoms with Crippen LogP contribution in [0.3, 0.4) is 0 Å². The third-order valence-electron chi connectivity index (χ3n) is 2.19. The molecular weight excluding hydrogens is 240 g/mol. The molecule has 2 N–H and O–H groups in total. The van der Waals surface area contributed by atoms with Crippen molar-refractivity contribution in [2.24, 2.45) is 0 Å². The van der Waals surface area contributed by atoms with Gasteiger partial charge in [-0.3, -0.25) is 0 Å². The smallest absolute Gasteiger partial charge is 0.337 e. The zero-order valence-electron chi connectivity index (χ0n) is 9.40. The summed E-state index contributed by atoms with van der Waals surface area (Å²) in [5.74, 6) is 1.91. The number of terminal acetylenes is 1. The number of rotatable bonds is 5. The maximum absolute atomic E-state index is 10.9. The number of carboxylic acid groups (broad SMARTS) is 1. The standard InChI is InChI=1S/C12H13ClN2O2/c1-3-5-8(4-2)15-11-6-9(12(16)17)10(13)7-14-11/h2,6-8H,3,5H2,1H3,(H,14,15)(H,16,17). The summed E-state index contributed by atoms with van der Waals surface area (Å²) >= 11 is 5.71. The Bertz CT molecular complexity index is 454. The van der Waals surface area contributed by atoms with Crippen LogP contribution in [0.5, 0.6) is 0 Å². The predicted octanol–water partition coefficient (Wildman–Crippen LogP) is 2.65. The fourth-order valence-corrected chi connectivity index (χ4v) is 1.53. The van der Waals surface area contributed by atoms with Gasteiger partial charge >= 0.3 is 5.97 Å². The molecule has 1 unspecified atom stereocenters. The quantitative estimate of drug-likeness (QED) is 0.791. The Kier molecular flexibility index (Phi) is 4.80. The first kappa shape index (κ1) is 13.3. The molecule has 0 amide bonds. The summed E-state index contributed by atoms with van der Waals surface area (Å²) in [5, 5.41) is 12.0. The van der Waals surface area contributed by atoms with E-state index >= 15 is 0 Å². The minimum atomic E-state index is -1.09. The van der Waals surface area contributed by atoms with Crippen molar-refractivity contribution in [3.05, 3.63) is 22.8 Å². The third-order valence-corrected chi connectivity index (χ3v) is 2.49. The second kappa shape index (κ2) is 6.12. The maximum atomic E-state index is 10.9. The van der Waals surface area contributed by atoms with E-state index in [0.29, 0.717) is 5.82 Å². The second-order valence-corrected chi connectivity index (χ2v) is 3.91. The Morgan fingerprint density at radius 3 is 3.00 bits per heavy atom. The summed E-state index contributed by atoms with van der Waals surface area (Å²) in [6.45, 7) is 2.02. The van der Waals surface area contributed by atoms with Crippen LogP contribution in [0.4, 0.5) is 5.82 Å². The SMILES string of the molecule is C#CC(CCC)Nc1cc(C(=O)O)c(Cl)cn1. The van der Waals surface area contributed by atoms with Crippen LogP contribution in [0.15, 0.2) is 12.3 Å². The van der Waals surface area contributed by atoms with Crippen molar-refractivity contribution in [3.8, 4) is 12.3 Å². The molecule has 0 fully saturated rings. The van der Waals surface area contributed by atoms with E-state index in [0.717, 1.165) is 12.8 Å². The molecule has 0 radical (unpaired) electrons. The van der Waals surface area contributed by atoms with Gasteiger partial charge in [-0.15, -0.1) is 6.42 Å². The van der Waals surface area contributed by atoms with Gasteiger partial charge in [0.1, 0.15) is 5.82 Å². The van der Waals surface area contributed by atoms with Crippen LogP contribution in [-0.2, 0) is 0 Å². The van der Waals surface area contributed by atoms with Crippen molar-refractivity contribution >= 4 is 23.4 Å². The maximum Gasteiger partial charge on any atom is 0.337 e. The number of halogens is 1. The average molecular weight is 253 g/mol. The second-order valence-electron chi connectivity index (χ2n) is 3.51. The highest BCUT2D eigenvalue weighted by atomic mass is 35.5. The molecule has 1 aromatic rings. The van der Waals surface area contributed by atoms with Crippen LogP contribution in [0.1, 0.15) is 30.1 Å². The molecule has 1 atom stereocenters. The Morgan fingerprint density at radius 2 is 2.47 bits per heavy atom. The summed E-state index contributed by atoms with van der Waals surface area (Å²) in [7, 11) is 0. The summed E-state index contributed by atoms with van der Waals surface area (Å²) in [4.78, 5) is 14.9. The molecule has 90 valence electrons. The molecule has 4 nitrogen and oxygen atoms in total. The molecule has 0 saturated heterocycles. The van der Waals surface area contributed by atoms with Gasteiger partial charge in [-0.25, -0.2) is 9.78 Å². The number of hydrogen-bond acceptors (Lipinski definition) is 3. The minimum Gasteiger partial charge on any atom is -0.478 e. The zero-order chi connectivity index (χ0) is 12.8. The first-order valence-corrected chi connectivity index (χ1v) is 5.57. The van der Waals surface area contributed by atoms with Gasteiger partial charge in [-0.1, -0.05) is 30.9 Å². The number of hydrogen-bond donors (Lipinski definition) is 2. The van der Waals surface area contributed by atoms with Crippen LogP contribution in [-0.4, -0.2) is 22.1 Å². The lowest BCUT2D eigenvalue weighted by Crippen LogP contribution is -2.18. The molecule has 17 heavy (non-hydrogen) atoms. The lowest BCUT2D eigenvalue weighted by molar-refractivity contribution is 0.0697. The summed E-state index contributed by atoms with van der Waals surface area (Å²) in [6.07, 6.45) is 8.38. The number of nitrogens with one attached hydrogen (secondary N) is 1. The third kappa shape index (κ3) is 3.65. The van der Waals surface area contributed by atoms with Crippen molar-refractivity contribution in [1.82, 2.24) is 4.98 Å². The van der Waals surface area contributed by atoms with Crippen molar-refractivity contribution in [1.29, 1.82) is 0 Å². The van der Waals surface area contributed by atoms with Gasteiger partial charge in [0.2, 0.25) is 0 Å². The largest absolute Gasteiger partial charge is 0.478 e. The molecule has 5 heteroatoms. The van der Waals surface area contributed by atoms with Gasteiger partial charge in [0.15, 0.2) is 0 Å². The van der Waals surface area contributed by atoms with E-state index in [1.165, 1.54) is 12.3 Å². The normalized spacial score (nSPS) is 11.6. The van der Waals surface area contributed by atoms with E-state index in [1.54, 1.807) is 0 Å². The van der Waals surface area contributed by atoms with E-state index in [1.807, 2.05) is 6.92 Å². The van der Waals surface area contributed by atoms with Gasteiger partial charge in [0.05, 0.1) is 16.6 Å². The fraction of sp³-hybridized carbons (Fsp3) is 0.333. The van der Waals surface area contributed by atoms with Gasteiger partial charge in [0, 0.05) is 6.20 Å². The van der Waals surface area contributed by atoms with Crippen molar-refractivity contribution in [3.63, 3.8) is 0 Å². The molecule has 0 aliphatic carbocycles. The Labute approximate surface area is 105 Å². The first-order valence-electron chi connectivity index (χ1n) is 5.20. The number of nitrogens with zero attached hydrogens (tertiary/aromatic N) is 1. The van der Waals surface area contributed by atoms with Crippen LogP contribution < -0.4 is 5.32 Å². The van der Waals surface area contributed by atoms with E-state index in [9.17, 15) is 4.79 Å². The van der Waals surface area contributed by atoms with Gasteiger partial charge in [-0.2, -0.15) is 0 Å². The highest BCUT2D eigenvalue weighted by Crippen LogP contribution is 2.18. The summed E-state index contributed by atoms with van der Waals surface area (Å²) in [5.41, 5.74) is 0.0106. The van der Waals surface area contributed by atoms with Crippen molar-refractivity contribution in [2.45, 2.75) is 25.8 Å². The van der Waals surface area contributed by atoms with Crippen molar-refractivity contribution in [2.75, 3.05) is 5.32 Å². The average Bonchev–Trinajstić information content (AvgIpc) is 2.30. The molecule has 0 aromatic carbocycles. The van der Waals surface area contributed by atoms with Crippen LogP contribution in [0.2, 0.25) is 5.02 Å². The fourth-order valence-electron chi connectivity index (χ4n) is 1.35. The molecule has 1 aromatic heterocycles. The Balaban J connectivity index is 2.89. The number of aromatic carboxylic acids is 1. The van der Waals surface area contributed by atoms with E-state index < -0.39 is 5.97 Å². The molecule has 1 heterocycles. The lowest BCUT2D eigenvalue weighted by Gasteiger charge is -2.13. The summed E-state index contributed by atoms with van der Waals surface area (Å²) < 4.78 is 0. The highest BCUT2D eigenvalue weighted by Gasteiger charge is 2.12. The highest BCUT2D eigenvalue weighted by molar-refractivity contribution is 6.33. The molecule has 0 saturated carbocycles. The van der Waals surface area contributed by atoms with Gasteiger partial charge < -0.3 is 10.4 Å². The van der Waals surface area contributed by atoms with Gasteiger partial charge in [0.25, 0.3) is 0 Å². The van der Waals surface area contributed by atoms with E-state index in [4.69, 9.17) is 23.1 Å². The number of carboxylic acids is 1. The van der Waals surface area contributed by atoms with Crippen LogP contribution in [0, 0.1) is 12.3 Å². The Hall–Kier alpha value is -1.73. The van der Waals surface area contributed by atoms with E-state index in [-0.39, 0.29) is 16.6 Å². The molecule has 0 bridgehead atoms. The molecular formula is C12H13ClN2O2. The number of anilines is 1. The molecule has 1 rings (SSSR count). The molecule has 0 aliphatic rings. The lowest BCUT2D eigenvalue weighted by atomic mass is 10.2. The van der Waals surface area contributed by atoms with Crippen molar-refractivity contribution < 1.29 is 9.90 Å². The molecule has 0 aliphatic heterocycles. The first-order chi connectivity index (χ1) is 8.08. The minimum absolute atomic E-state index is 0.0106. The van der Waals surface area contributed by atoms with E-state index in [2.05, 4.69) is 16.2 Å². The van der Waals surface area contributed by atoms with Crippen LogP contribution >= 0.6 is 11.6 Å². The zero-order valence-corrected chi connectivity index (χ0v) is 10.2. The predicted molar refractivity (Wildman–Crippen MR) is 67.4 cm³/mol.